The molecule has 1 saturated heterocycles. The molecule has 1 aromatic heterocycles. The molecule has 2 heterocycles. The number of nitrogens with zero attached hydrogens (tertiary/aromatic N) is 3. The average Bonchev–Trinajstić information content (AvgIpc) is 3.80. The van der Waals surface area contributed by atoms with Crippen LogP contribution in [0.3, 0.4) is 0 Å². The number of anilines is 2. The zero-order valence-electron chi connectivity index (χ0n) is 24.2. The maximum Gasteiger partial charge on any atom is 0.251 e. The minimum absolute atomic E-state index is 0.0327. The van der Waals surface area contributed by atoms with Crippen molar-refractivity contribution >= 4 is 23.3 Å². The molecule has 220 valence electrons. The number of rotatable bonds is 10. The predicted octanol–water partition coefficient (Wildman–Crippen LogP) is 4.43. The first-order valence-electron chi connectivity index (χ1n) is 15.2. The van der Waals surface area contributed by atoms with E-state index in [-0.39, 0.29) is 17.9 Å². The Hall–Kier alpha value is -3.98. The smallest absolute Gasteiger partial charge is 0.251 e. The summed E-state index contributed by atoms with van der Waals surface area (Å²) in [6.45, 7) is 1.27. The third-order valence-corrected chi connectivity index (χ3v) is 8.81. The van der Waals surface area contributed by atoms with E-state index in [0.717, 1.165) is 72.7 Å². The zero-order chi connectivity index (χ0) is 29.1. The highest BCUT2D eigenvalue weighted by Gasteiger charge is 2.46. The molecular weight excluding hydrogens is 528 g/mol. The predicted molar refractivity (Wildman–Crippen MR) is 163 cm³/mol. The van der Waals surface area contributed by atoms with Gasteiger partial charge >= 0.3 is 0 Å². The molecule has 3 atom stereocenters. The lowest BCUT2D eigenvalue weighted by Gasteiger charge is -2.34. The van der Waals surface area contributed by atoms with Gasteiger partial charge in [-0.15, -0.1) is 0 Å². The quantitative estimate of drug-likeness (QED) is 0.244. The number of nitrogens with two attached hydrogens (primary N) is 1. The first-order chi connectivity index (χ1) is 20.5. The Morgan fingerprint density at radius 3 is 2.38 bits per heavy atom. The molecule has 9 heteroatoms. The van der Waals surface area contributed by atoms with Crippen LogP contribution in [0.4, 0.5) is 11.5 Å². The van der Waals surface area contributed by atoms with Crippen molar-refractivity contribution in [3.8, 4) is 11.1 Å². The largest absolute Gasteiger partial charge is 0.399 e. The molecule has 6 rings (SSSR count). The summed E-state index contributed by atoms with van der Waals surface area (Å²) in [5.74, 6) is 2.34. The van der Waals surface area contributed by atoms with E-state index in [1.165, 1.54) is 6.42 Å². The number of carbonyl (C=O) groups excluding carboxylic acids is 2. The molecule has 0 bridgehead atoms. The number of nitrogens with one attached hydrogen (secondary N) is 2. The number of carbonyl (C=O) groups is 2. The Balaban J connectivity index is 1.20. The molecule has 1 aliphatic heterocycles. The molecule has 3 fully saturated rings. The highest BCUT2D eigenvalue weighted by molar-refractivity contribution is 5.94. The summed E-state index contributed by atoms with van der Waals surface area (Å²) >= 11 is 0. The summed E-state index contributed by atoms with van der Waals surface area (Å²) in [4.78, 5) is 38.6. The van der Waals surface area contributed by atoms with E-state index in [2.05, 4.69) is 15.5 Å². The van der Waals surface area contributed by atoms with Crippen LogP contribution in [-0.2, 0) is 16.1 Å². The van der Waals surface area contributed by atoms with Crippen molar-refractivity contribution < 1.29 is 14.3 Å². The van der Waals surface area contributed by atoms with E-state index in [0.29, 0.717) is 43.1 Å². The molecule has 2 amide bonds. The van der Waals surface area contributed by atoms with Crippen LogP contribution in [0.1, 0.15) is 72.7 Å². The van der Waals surface area contributed by atoms with E-state index in [1.807, 2.05) is 54.6 Å². The van der Waals surface area contributed by atoms with Crippen LogP contribution in [0.5, 0.6) is 0 Å². The van der Waals surface area contributed by atoms with Gasteiger partial charge in [-0.2, -0.15) is 0 Å². The lowest BCUT2D eigenvalue weighted by molar-refractivity contribution is -0.122. The third kappa shape index (κ3) is 6.26. The van der Waals surface area contributed by atoms with Gasteiger partial charge in [-0.1, -0.05) is 37.1 Å². The van der Waals surface area contributed by atoms with Crippen molar-refractivity contribution in [3.05, 3.63) is 71.7 Å². The number of fused-ring (bicyclic) bond motifs is 1. The molecule has 3 aromatic rings. The van der Waals surface area contributed by atoms with Gasteiger partial charge < -0.3 is 26.0 Å². The normalized spacial score (nSPS) is 21.5. The first kappa shape index (κ1) is 28.2. The Kier molecular flexibility index (Phi) is 8.37. The van der Waals surface area contributed by atoms with Gasteiger partial charge in [0, 0.05) is 42.9 Å². The fraction of sp³-hybridized carbons (Fsp3) is 0.455. The molecule has 2 aromatic carbocycles. The standard InChI is InChI=1S/C33H40N6O3/c1-42-17-16-35-33(41)29-18-25-4-2-3-5-28(25)39(29)30-19-27(37-31(38-30)23-8-9-23)20-36-32(40)24-10-6-21(7-11-24)22-12-14-26(34)15-13-22/h6-7,10-15,19,23,25,28-29H,2-5,8-9,16-18,20,34H2,1H3,(H,35,41)(H,36,40)/t25-,28-,29-/m0/s1. The number of amides is 2. The molecule has 0 unspecified atom stereocenters. The van der Waals surface area contributed by atoms with Crippen LogP contribution in [0.25, 0.3) is 11.1 Å². The number of nitrogen functional groups attached to an aromatic ring is 1. The monoisotopic (exact) mass is 568 g/mol. The van der Waals surface area contributed by atoms with Crippen molar-refractivity contribution in [2.45, 2.75) is 69.5 Å². The van der Waals surface area contributed by atoms with Gasteiger partial charge in [0.1, 0.15) is 17.7 Å². The first-order valence-corrected chi connectivity index (χ1v) is 15.2. The van der Waals surface area contributed by atoms with Crippen molar-refractivity contribution in [1.82, 2.24) is 20.6 Å². The van der Waals surface area contributed by atoms with Crippen LogP contribution < -0.4 is 21.3 Å². The Bertz CT molecular complexity index is 1410. The lowest BCUT2D eigenvalue weighted by Crippen LogP contribution is -2.48. The molecular formula is C33H40N6O3. The van der Waals surface area contributed by atoms with Crippen molar-refractivity contribution in [1.29, 1.82) is 0 Å². The van der Waals surface area contributed by atoms with Crippen LogP contribution in [0, 0.1) is 5.92 Å². The van der Waals surface area contributed by atoms with Gasteiger partial charge in [0.2, 0.25) is 5.91 Å². The number of hydrogen-bond donors (Lipinski definition) is 3. The van der Waals surface area contributed by atoms with Crippen molar-refractivity contribution in [2.24, 2.45) is 5.92 Å². The topological polar surface area (TPSA) is 122 Å². The number of hydrogen-bond acceptors (Lipinski definition) is 7. The van der Waals surface area contributed by atoms with Gasteiger partial charge in [0.05, 0.1) is 18.8 Å². The molecule has 9 nitrogen and oxygen atoms in total. The summed E-state index contributed by atoms with van der Waals surface area (Å²) in [6.07, 6.45) is 7.56. The Morgan fingerprint density at radius 2 is 1.67 bits per heavy atom. The van der Waals surface area contributed by atoms with Gasteiger partial charge in [-0.3, -0.25) is 9.59 Å². The Morgan fingerprint density at radius 1 is 0.952 bits per heavy atom. The molecule has 0 spiro atoms. The number of ether oxygens (including phenoxy) is 1. The van der Waals surface area contributed by atoms with Crippen LogP contribution >= 0.6 is 0 Å². The highest BCUT2D eigenvalue weighted by atomic mass is 16.5. The van der Waals surface area contributed by atoms with E-state index in [9.17, 15) is 9.59 Å². The number of methoxy groups -OCH3 is 1. The van der Waals surface area contributed by atoms with Crippen molar-refractivity contribution in [2.75, 3.05) is 30.9 Å². The lowest BCUT2D eigenvalue weighted by atomic mass is 9.84. The highest BCUT2D eigenvalue weighted by Crippen LogP contribution is 2.43. The van der Waals surface area contributed by atoms with Gasteiger partial charge in [-0.25, -0.2) is 9.97 Å². The summed E-state index contributed by atoms with van der Waals surface area (Å²) in [7, 11) is 1.64. The second-order valence-electron chi connectivity index (χ2n) is 11.8. The molecule has 4 N–H and O–H groups in total. The van der Waals surface area contributed by atoms with Gasteiger partial charge in [0.15, 0.2) is 0 Å². The van der Waals surface area contributed by atoms with E-state index < -0.39 is 0 Å². The fourth-order valence-electron chi connectivity index (χ4n) is 6.43. The summed E-state index contributed by atoms with van der Waals surface area (Å²) in [6, 6.07) is 17.2. The fourth-order valence-corrected chi connectivity index (χ4v) is 6.43. The summed E-state index contributed by atoms with van der Waals surface area (Å²) < 4.78 is 5.15. The van der Waals surface area contributed by atoms with E-state index in [1.54, 1.807) is 7.11 Å². The second kappa shape index (κ2) is 12.5. The number of aromatic nitrogens is 2. The minimum atomic E-state index is -0.265. The summed E-state index contributed by atoms with van der Waals surface area (Å²) in [5, 5.41) is 6.12. The maximum absolute atomic E-state index is 13.4. The van der Waals surface area contributed by atoms with E-state index in [4.69, 9.17) is 20.4 Å². The summed E-state index contributed by atoms with van der Waals surface area (Å²) in [5.41, 5.74) is 9.95. The zero-order valence-corrected chi connectivity index (χ0v) is 24.2. The molecule has 42 heavy (non-hydrogen) atoms. The van der Waals surface area contributed by atoms with Crippen LogP contribution in [0.2, 0.25) is 0 Å². The minimum Gasteiger partial charge on any atom is -0.399 e. The van der Waals surface area contributed by atoms with Gasteiger partial charge in [0.25, 0.3) is 5.91 Å². The molecule has 2 aliphatic carbocycles. The molecule has 0 radical (unpaired) electrons. The SMILES string of the molecule is COCCNC(=O)[C@@H]1C[C@@H]2CCCC[C@@H]2N1c1cc(CNC(=O)c2ccc(-c3ccc(N)cc3)cc2)nc(C2CC2)n1. The number of benzene rings is 2. The van der Waals surface area contributed by atoms with Crippen LogP contribution in [0.15, 0.2) is 54.6 Å². The Labute approximate surface area is 247 Å². The van der Waals surface area contributed by atoms with Gasteiger partial charge in [-0.05, 0) is 73.4 Å². The third-order valence-electron chi connectivity index (χ3n) is 8.81. The molecule has 2 saturated carbocycles. The average molecular weight is 569 g/mol. The maximum atomic E-state index is 13.4. The second-order valence-corrected chi connectivity index (χ2v) is 11.8. The molecule has 3 aliphatic rings. The van der Waals surface area contributed by atoms with Crippen molar-refractivity contribution in [3.63, 3.8) is 0 Å². The van der Waals surface area contributed by atoms with E-state index >= 15 is 0 Å². The van der Waals surface area contributed by atoms with Crippen LogP contribution in [-0.4, -0.2) is 54.1 Å².